The number of benzene rings is 2. The summed E-state index contributed by atoms with van der Waals surface area (Å²) < 4.78 is 11.2. The summed E-state index contributed by atoms with van der Waals surface area (Å²) in [5.74, 6) is 1.68. The molecule has 0 unspecified atom stereocenters. The Balaban J connectivity index is 1.65. The number of ether oxygens (including phenoxy) is 2. The Labute approximate surface area is 155 Å². The summed E-state index contributed by atoms with van der Waals surface area (Å²) >= 11 is 0. The first-order valence-corrected chi connectivity index (χ1v) is 9.01. The van der Waals surface area contributed by atoms with Gasteiger partial charge in [-0.05, 0) is 68.1 Å². The highest BCUT2D eigenvalue weighted by Crippen LogP contribution is 2.19. The van der Waals surface area contributed by atoms with Crippen LogP contribution in [0.25, 0.3) is 0 Å². The van der Waals surface area contributed by atoms with Crippen LogP contribution < -0.4 is 20.5 Å². The SMILES string of the molecule is Cc1ccc(C)c(OCCCCC(=O)Nc2ccc(OCCN)cc2)c1. The second-order valence-corrected chi connectivity index (χ2v) is 6.28. The highest BCUT2D eigenvalue weighted by atomic mass is 16.5. The molecule has 140 valence electrons. The number of aryl methyl sites for hydroxylation is 2. The average Bonchev–Trinajstić information content (AvgIpc) is 2.63. The molecule has 5 heteroatoms. The maximum atomic E-state index is 12.0. The highest BCUT2D eigenvalue weighted by molar-refractivity contribution is 5.90. The number of anilines is 1. The Kier molecular flexibility index (Phi) is 7.96. The Morgan fingerprint density at radius 2 is 1.77 bits per heavy atom. The zero-order chi connectivity index (χ0) is 18.8. The Hall–Kier alpha value is -2.53. The van der Waals surface area contributed by atoms with Gasteiger partial charge in [0.15, 0.2) is 0 Å². The van der Waals surface area contributed by atoms with Gasteiger partial charge in [0, 0.05) is 18.7 Å². The van der Waals surface area contributed by atoms with Crippen LogP contribution >= 0.6 is 0 Å². The number of hydrogen-bond donors (Lipinski definition) is 2. The fourth-order valence-corrected chi connectivity index (χ4v) is 2.47. The summed E-state index contributed by atoms with van der Waals surface area (Å²) in [4.78, 5) is 12.0. The Bertz CT molecular complexity index is 699. The van der Waals surface area contributed by atoms with Crippen LogP contribution in [0.1, 0.15) is 30.4 Å². The third-order valence-electron chi connectivity index (χ3n) is 3.92. The molecule has 0 heterocycles. The van der Waals surface area contributed by atoms with Gasteiger partial charge in [-0.25, -0.2) is 0 Å². The van der Waals surface area contributed by atoms with Gasteiger partial charge in [-0.3, -0.25) is 4.79 Å². The summed E-state index contributed by atoms with van der Waals surface area (Å²) in [6.45, 7) is 5.66. The third-order valence-corrected chi connectivity index (χ3v) is 3.92. The summed E-state index contributed by atoms with van der Waals surface area (Å²) in [5.41, 5.74) is 8.48. The van der Waals surface area contributed by atoms with Crippen molar-refractivity contribution >= 4 is 11.6 Å². The second-order valence-electron chi connectivity index (χ2n) is 6.28. The molecule has 2 aromatic carbocycles. The minimum atomic E-state index is 0.00682. The molecule has 0 atom stereocenters. The van der Waals surface area contributed by atoms with Crippen LogP contribution in [0.3, 0.4) is 0 Å². The topological polar surface area (TPSA) is 73.6 Å². The fraction of sp³-hybridized carbons (Fsp3) is 0.381. The van der Waals surface area contributed by atoms with Crippen LogP contribution in [-0.2, 0) is 4.79 Å². The zero-order valence-corrected chi connectivity index (χ0v) is 15.6. The van der Waals surface area contributed by atoms with Crippen LogP contribution in [0.5, 0.6) is 11.5 Å². The molecule has 0 saturated heterocycles. The maximum absolute atomic E-state index is 12.0. The summed E-state index contributed by atoms with van der Waals surface area (Å²) in [6, 6.07) is 13.5. The van der Waals surface area contributed by atoms with E-state index in [1.807, 2.05) is 44.2 Å². The Morgan fingerprint density at radius 1 is 1.00 bits per heavy atom. The van der Waals surface area contributed by atoms with E-state index in [9.17, 15) is 4.79 Å². The number of hydrogen-bond acceptors (Lipinski definition) is 4. The van der Waals surface area contributed by atoms with Crippen LogP contribution in [0.2, 0.25) is 0 Å². The number of amides is 1. The molecule has 0 aliphatic carbocycles. The molecule has 0 saturated carbocycles. The highest BCUT2D eigenvalue weighted by Gasteiger charge is 2.04. The number of carbonyl (C=O) groups is 1. The molecule has 0 radical (unpaired) electrons. The second kappa shape index (κ2) is 10.5. The normalized spacial score (nSPS) is 10.4. The lowest BCUT2D eigenvalue weighted by Gasteiger charge is -2.10. The number of carbonyl (C=O) groups excluding carboxylic acids is 1. The number of rotatable bonds is 10. The largest absolute Gasteiger partial charge is 0.493 e. The molecule has 0 aromatic heterocycles. The van der Waals surface area contributed by atoms with E-state index < -0.39 is 0 Å². The van der Waals surface area contributed by atoms with Crippen LogP contribution in [-0.4, -0.2) is 25.7 Å². The molecule has 5 nitrogen and oxygen atoms in total. The van der Waals surface area contributed by atoms with Gasteiger partial charge in [0.1, 0.15) is 18.1 Å². The molecule has 26 heavy (non-hydrogen) atoms. The van der Waals surface area contributed by atoms with E-state index in [0.29, 0.717) is 26.2 Å². The number of nitrogens with one attached hydrogen (secondary N) is 1. The number of unbranched alkanes of at least 4 members (excludes halogenated alkanes) is 1. The van der Waals surface area contributed by atoms with E-state index in [4.69, 9.17) is 15.2 Å². The molecule has 2 rings (SSSR count). The van der Waals surface area contributed by atoms with Crippen molar-refractivity contribution in [3.8, 4) is 11.5 Å². The molecule has 0 aliphatic heterocycles. The van der Waals surface area contributed by atoms with E-state index in [0.717, 1.165) is 35.6 Å². The fourth-order valence-electron chi connectivity index (χ4n) is 2.47. The van der Waals surface area contributed by atoms with E-state index in [1.165, 1.54) is 5.56 Å². The summed E-state index contributed by atoms with van der Waals surface area (Å²) in [6.07, 6.45) is 2.10. The molecule has 0 fully saturated rings. The molecule has 2 aromatic rings. The van der Waals surface area contributed by atoms with Crippen molar-refractivity contribution in [3.63, 3.8) is 0 Å². The van der Waals surface area contributed by atoms with Crippen molar-refractivity contribution in [2.24, 2.45) is 5.73 Å². The third kappa shape index (κ3) is 6.76. The molecule has 1 amide bonds. The van der Waals surface area contributed by atoms with Crippen molar-refractivity contribution in [2.75, 3.05) is 25.1 Å². The lowest BCUT2D eigenvalue weighted by atomic mass is 10.1. The van der Waals surface area contributed by atoms with E-state index >= 15 is 0 Å². The zero-order valence-electron chi connectivity index (χ0n) is 15.6. The minimum Gasteiger partial charge on any atom is -0.493 e. The van der Waals surface area contributed by atoms with E-state index in [-0.39, 0.29) is 5.91 Å². The van der Waals surface area contributed by atoms with Gasteiger partial charge >= 0.3 is 0 Å². The van der Waals surface area contributed by atoms with Gasteiger partial charge in [0.25, 0.3) is 0 Å². The van der Waals surface area contributed by atoms with Crippen LogP contribution in [0.15, 0.2) is 42.5 Å². The lowest BCUT2D eigenvalue weighted by Crippen LogP contribution is -2.12. The number of nitrogens with two attached hydrogens (primary N) is 1. The molecule has 0 aliphatic rings. The molecular weight excluding hydrogens is 328 g/mol. The summed E-state index contributed by atoms with van der Waals surface area (Å²) in [5, 5.41) is 2.89. The van der Waals surface area contributed by atoms with Gasteiger partial charge in [-0.2, -0.15) is 0 Å². The standard InChI is InChI=1S/C21H28N2O3/c1-16-6-7-17(2)20(15-16)26-13-4-3-5-21(24)23-18-8-10-19(11-9-18)25-14-12-22/h6-11,15H,3-5,12-14,22H2,1-2H3,(H,23,24). The van der Waals surface area contributed by atoms with Crippen LogP contribution in [0.4, 0.5) is 5.69 Å². The molecular formula is C21H28N2O3. The monoisotopic (exact) mass is 356 g/mol. The maximum Gasteiger partial charge on any atom is 0.224 e. The van der Waals surface area contributed by atoms with Crippen molar-refractivity contribution in [2.45, 2.75) is 33.1 Å². The predicted octanol–water partition coefficient (Wildman–Crippen LogP) is 3.83. The summed E-state index contributed by atoms with van der Waals surface area (Å²) in [7, 11) is 0. The van der Waals surface area contributed by atoms with Gasteiger partial charge in [-0.15, -0.1) is 0 Å². The average molecular weight is 356 g/mol. The first-order chi connectivity index (χ1) is 12.6. The van der Waals surface area contributed by atoms with Crippen LogP contribution in [0, 0.1) is 13.8 Å². The minimum absolute atomic E-state index is 0.00682. The van der Waals surface area contributed by atoms with Gasteiger partial charge in [0.2, 0.25) is 5.91 Å². The molecule has 3 N–H and O–H groups in total. The van der Waals surface area contributed by atoms with E-state index in [2.05, 4.69) is 17.4 Å². The van der Waals surface area contributed by atoms with E-state index in [1.54, 1.807) is 0 Å². The molecule has 0 spiro atoms. The quantitative estimate of drug-likeness (QED) is 0.635. The van der Waals surface area contributed by atoms with Gasteiger partial charge in [-0.1, -0.05) is 12.1 Å². The van der Waals surface area contributed by atoms with Crippen molar-refractivity contribution in [1.29, 1.82) is 0 Å². The Morgan fingerprint density at radius 3 is 2.50 bits per heavy atom. The van der Waals surface area contributed by atoms with Gasteiger partial charge < -0.3 is 20.5 Å². The first kappa shape index (κ1) is 19.8. The predicted molar refractivity (Wildman–Crippen MR) is 105 cm³/mol. The smallest absolute Gasteiger partial charge is 0.224 e. The van der Waals surface area contributed by atoms with Gasteiger partial charge in [0.05, 0.1) is 6.61 Å². The lowest BCUT2D eigenvalue weighted by molar-refractivity contribution is -0.116. The first-order valence-electron chi connectivity index (χ1n) is 9.01. The van der Waals surface area contributed by atoms with Crippen molar-refractivity contribution in [1.82, 2.24) is 0 Å². The van der Waals surface area contributed by atoms with Crippen molar-refractivity contribution < 1.29 is 14.3 Å². The van der Waals surface area contributed by atoms with Crippen molar-refractivity contribution in [3.05, 3.63) is 53.6 Å². The molecule has 0 bridgehead atoms.